The molecule has 0 heterocycles. The van der Waals surface area contributed by atoms with Gasteiger partial charge in [-0.05, 0) is 31.3 Å². The van der Waals surface area contributed by atoms with Crippen molar-refractivity contribution in [3.05, 3.63) is 23.8 Å². The molecule has 0 aliphatic heterocycles. The molecule has 0 rings (SSSR count). The van der Waals surface area contributed by atoms with Crippen molar-refractivity contribution in [2.45, 2.75) is 40.5 Å². The maximum Gasteiger partial charge on any atom is -0.0196 e. The van der Waals surface area contributed by atoms with Gasteiger partial charge in [0, 0.05) is 0 Å². The Morgan fingerprint density at radius 1 is 1.36 bits per heavy atom. The highest BCUT2D eigenvalue weighted by atomic mass is 14.1. The number of hydrogen-bond acceptors (Lipinski definition) is 0. The number of hydrogen-bond donors (Lipinski definition) is 0. The lowest BCUT2D eigenvalue weighted by Gasteiger charge is -2.08. The van der Waals surface area contributed by atoms with Crippen LogP contribution in [0, 0.1) is 5.92 Å². The van der Waals surface area contributed by atoms with Crippen LogP contribution in [0.2, 0.25) is 0 Å². The number of rotatable bonds is 4. The van der Waals surface area contributed by atoms with Gasteiger partial charge in [0.1, 0.15) is 0 Å². The molecular weight excluding hydrogens is 132 g/mol. The van der Waals surface area contributed by atoms with Gasteiger partial charge in [-0.3, -0.25) is 0 Å². The molecule has 0 aliphatic rings. The molecular formula is C11H20. The second-order valence-corrected chi connectivity index (χ2v) is 2.91. The largest absolute Gasteiger partial charge is 0.0845 e. The second kappa shape index (κ2) is 6.21. The Hall–Kier alpha value is -0.520. The van der Waals surface area contributed by atoms with Crippen molar-refractivity contribution < 1.29 is 0 Å². The summed E-state index contributed by atoms with van der Waals surface area (Å²) in [5.41, 5.74) is 1.47. The zero-order valence-electron chi connectivity index (χ0n) is 8.22. The first-order valence-electron chi connectivity index (χ1n) is 4.58. The first kappa shape index (κ1) is 10.5. The minimum absolute atomic E-state index is 0.711. The van der Waals surface area contributed by atoms with Crippen LogP contribution in [-0.2, 0) is 0 Å². The molecule has 0 bridgehead atoms. The Bertz CT molecular complexity index is 140. The van der Waals surface area contributed by atoms with Crippen molar-refractivity contribution in [1.82, 2.24) is 0 Å². The Labute approximate surface area is 71.0 Å². The van der Waals surface area contributed by atoms with Crippen LogP contribution in [-0.4, -0.2) is 0 Å². The Morgan fingerprint density at radius 3 is 2.36 bits per heavy atom. The summed E-state index contributed by atoms with van der Waals surface area (Å²) in [6, 6.07) is 0. The fraction of sp³-hybridized carbons (Fsp3) is 0.636. The van der Waals surface area contributed by atoms with E-state index in [0.29, 0.717) is 5.92 Å². The van der Waals surface area contributed by atoms with Gasteiger partial charge in [-0.1, -0.05) is 39.0 Å². The normalized spacial score (nSPS) is 15.8. The van der Waals surface area contributed by atoms with Crippen LogP contribution in [0.3, 0.4) is 0 Å². The highest BCUT2D eigenvalue weighted by Gasteiger charge is 2.00. The SMILES string of the molecule is C/C=C(\C=C/CC)C(C)CC. The molecule has 0 N–H and O–H groups in total. The van der Waals surface area contributed by atoms with Gasteiger partial charge in [-0.25, -0.2) is 0 Å². The summed E-state index contributed by atoms with van der Waals surface area (Å²) < 4.78 is 0. The third-order valence-corrected chi connectivity index (χ3v) is 2.06. The summed E-state index contributed by atoms with van der Waals surface area (Å²) in [5.74, 6) is 0.711. The van der Waals surface area contributed by atoms with E-state index in [-0.39, 0.29) is 0 Å². The maximum atomic E-state index is 2.27. The molecule has 0 spiro atoms. The van der Waals surface area contributed by atoms with E-state index in [1.54, 1.807) is 0 Å². The maximum absolute atomic E-state index is 2.27. The van der Waals surface area contributed by atoms with E-state index in [1.807, 2.05) is 0 Å². The molecule has 0 aromatic rings. The zero-order valence-corrected chi connectivity index (χ0v) is 8.22. The van der Waals surface area contributed by atoms with Crippen LogP contribution < -0.4 is 0 Å². The predicted molar refractivity (Wildman–Crippen MR) is 52.6 cm³/mol. The predicted octanol–water partition coefficient (Wildman–Crippen LogP) is 3.95. The first-order valence-corrected chi connectivity index (χ1v) is 4.58. The first-order chi connectivity index (χ1) is 5.26. The van der Waals surface area contributed by atoms with Crippen LogP contribution in [0.1, 0.15) is 40.5 Å². The molecule has 0 amide bonds. The van der Waals surface area contributed by atoms with E-state index in [9.17, 15) is 0 Å². The van der Waals surface area contributed by atoms with Gasteiger partial charge in [0.25, 0.3) is 0 Å². The monoisotopic (exact) mass is 152 g/mol. The van der Waals surface area contributed by atoms with E-state index in [2.05, 4.69) is 45.9 Å². The quantitative estimate of drug-likeness (QED) is 0.535. The van der Waals surface area contributed by atoms with Crippen LogP contribution in [0.15, 0.2) is 23.8 Å². The standard InChI is InChI=1S/C11H20/c1-5-8-9-11(7-3)10(4)6-2/h7-10H,5-6H2,1-4H3/b9-8-,11-7+. The highest BCUT2D eigenvalue weighted by molar-refractivity contribution is 5.19. The average Bonchev–Trinajstić information content (AvgIpc) is 2.05. The van der Waals surface area contributed by atoms with E-state index < -0.39 is 0 Å². The minimum atomic E-state index is 0.711. The summed E-state index contributed by atoms with van der Waals surface area (Å²) >= 11 is 0. The molecule has 0 saturated heterocycles. The third-order valence-electron chi connectivity index (χ3n) is 2.06. The van der Waals surface area contributed by atoms with Crippen LogP contribution in [0.5, 0.6) is 0 Å². The van der Waals surface area contributed by atoms with Gasteiger partial charge in [0.15, 0.2) is 0 Å². The molecule has 0 nitrogen and oxygen atoms in total. The van der Waals surface area contributed by atoms with Crippen molar-refractivity contribution in [3.63, 3.8) is 0 Å². The average molecular weight is 152 g/mol. The Morgan fingerprint density at radius 2 is 2.00 bits per heavy atom. The molecule has 0 fully saturated rings. The fourth-order valence-corrected chi connectivity index (χ4v) is 1.03. The van der Waals surface area contributed by atoms with E-state index >= 15 is 0 Å². The van der Waals surface area contributed by atoms with Gasteiger partial charge >= 0.3 is 0 Å². The zero-order chi connectivity index (χ0) is 8.69. The summed E-state index contributed by atoms with van der Waals surface area (Å²) in [7, 11) is 0. The van der Waals surface area contributed by atoms with Gasteiger partial charge in [0.2, 0.25) is 0 Å². The molecule has 0 aliphatic carbocycles. The van der Waals surface area contributed by atoms with Crippen LogP contribution in [0.4, 0.5) is 0 Å². The fourth-order valence-electron chi connectivity index (χ4n) is 1.03. The summed E-state index contributed by atoms with van der Waals surface area (Å²) in [5, 5.41) is 0. The second-order valence-electron chi connectivity index (χ2n) is 2.91. The van der Waals surface area contributed by atoms with E-state index in [1.165, 1.54) is 12.0 Å². The van der Waals surface area contributed by atoms with Crippen molar-refractivity contribution in [1.29, 1.82) is 0 Å². The summed E-state index contributed by atoms with van der Waals surface area (Å²) in [4.78, 5) is 0. The smallest absolute Gasteiger partial charge is 0.0196 e. The molecule has 11 heavy (non-hydrogen) atoms. The van der Waals surface area contributed by atoms with Crippen molar-refractivity contribution in [3.8, 4) is 0 Å². The third kappa shape index (κ3) is 4.02. The lowest BCUT2D eigenvalue weighted by atomic mass is 9.98. The molecule has 0 aromatic carbocycles. The Kier molecular flexibility index (Phi) is 5.91. The van der Waals surface area contributed by atoms with Crippen molar-refractivity contribution >= 4 is 0 Å². The van der Waals surface area contributed by atoms with Gasteiger partial charge in [-0.15, -0.1) is 0 Å². The van der Waals surface area contributed by atoms with Crippen molar-refractivity contribution in [2.75, 3.05) is 0 Å². The van der Waals surface area contributed by atoms with Crippen molar-refractivity contribution in [2.24, 2.45) is 5.92 Å². The number of allylic oxidation sites excluding steroid dienone is 4. The molecule has 1 atom stereocenters. The molecule has 0 heteroatoms. The molecule has 1 unspecified atom stereocenters. The minimum Gasteiger partial charge on any atom is -0.0845 e. The Balaban J connectivity index is 4.07. The highest BCUT2D eigenvalue weighted by Crippen LogP contribution is 2.15. The molecule has 0 aromatic heterocycles. The topological polar surface area (TPSA) is 0 Å². The van der Waals surface area contributed by atoms with E-state index in [0.717, 1.165) is 6.42 Å². The van der Waals surface area contributed by atoms with Crippen LogP contribution >= 0.6 is 0 Å². The van der Waals surface area contributed by atoms with Gasteiger partial charge in [-0.2, -0.15) is 0 Å². The van der Waals surface area contributed by atoms with Crippen LogP contribution in [0.25, 0.3) is 0 Å². The molecule has 0 radical (unpaired) electrons. The van der Waals surface area contributed by atoms with Gasteiger partial charge in [0.05, 0.1) is 0 Å². The van der Waals surface area contributed by atoms with E-state index in [4.69, 9.17) is 0 Å². The lowest BCUT2D eigenvalue weighted by molar-refractivity contribution is 0.669. The molecule has 64 valence electrons. The lowest BCUT2D eigenvalue weighted by Crippen LogP contribution is -1.93. The summed E-state index contributed by atoms with van der Waals surface area (Å²) in [6.07, 6.45) is 9.04. The van der Waals surface area contributed by atoms with Gasteiger partial charge < -0.3 is 0 Å². The summed E-state index contributed by atoms with van der Waals surface area (Å²) in [6.45, 7) is 8.78. The molecule has 0 saturated carbocycles.